The smallest absolute Gasteiger partial charge is 0.145 e. The van der Waals surface area contributed by atoms with Crippen LogP contribution in [0.15, 0.2) is 6.07 Å². The van der Waals surface area contributed by atoms with E-state index in [1.54, 1.807) is 13.0 Å². The van der Waals surface area contributed by atoms with E-state index in [4.69, 9.17) is 5.84 Å². The summed E-state index contributed by atoms with van der Waals surface area (Å²) >= 11 is 0. The van der Waals surface area contributed by atoms with Gasteiger partial charge >= 0.3 is 0 Å². The number of hydrogen-bond acceptors (Lipinski definition) is 6. The van der Waals surface area contributed by atoms with Crippen molar-refractivity contribution < 1.29 is 5.11 Å². The number of aliphatic hydroxyl groups excluding tert-OH is 1. The zero-order valence-corrected chi connectivity index (χ0v) is 9.94. The molecule has 0 saturated heterocycles. The topological polar surface area (TPSA) is 87.3 Å². The first-order chi connectivity index (χ1) is 7.52. The maximum Gasteiger partial charge on any atom is 0.145 e. The molecule has 0 aliphatic carbocycles. The van der Waals surface area contributed by atoms with Gasteiger partial charge < -0.3 is 15.4 Å². The molecule has 0 radical (unpaired) electrons. The Balaban J connectivity index is 2.74. The molecule has 1 aromatic rings. The molecule has 16 heavy (non-hydrogen) atoms. The number of anilines is 2. The van der Waals surface area contributed by atoms with Crippen LogP contribution in [0.2, 0.25) is 0 Å². The zero-order chi connectivity index (χ0) is 12.1. The van der Waals surface area contributed by atoms with Crippen molar-refractivity contribution in [2.45, 2.75) is 26.4 Å². The Morgan fingerprint density at radius 3 is 2.81 bits per heavy atom. The molecule has 1 heterocycles. The molecular formula is C10H19N5O. The first-order valence-corrected chi connectivity index (χ1v) is 5.24. The number of nitrogens with one attached hydrogen (secondary N) is 1. The number of hydrazine groups is 1. The summed E-state index contributed by atoms with van der Waals surface area (Å²) in [6.45, 7) is 4.32. The number of nitrogens with zero attached hydrogens (tertiary/aromatic N) is 3. The standard InChI is InChI=1S/C10H19N5O/c1-7(16)4-5-15(3)10-6-9(14-11)12-8(2)13-10/h6-7,16H,4-5,11H2,1-3H3,(H,12,13,14). The van der Waals surface area contributed by atoms with Gasteiger partial charge in [-0.3, -0.25) is 0 Å². The minimum absolute atomic E-state index is 0.308. The molecule has 4 N–H and O–H groups in total. The lowest BCUT2D eigenvalue weighted by molar-refractivity contribution is 0.187. The van der Waals surface area contributed by atoms with Crippen LogP contribution in [0.1, 0.15) is 19.2 Å². The highest BCUT2D eigenvalue weighted by atomic mass is 16.3. The summed E-state index contributed by atoms with van der Waals surface area (Å²) in [5, 5.41) is 9.21. The van der Waals surface area contributed by atoms with Crippen LogP contribution in [0.4, 0.5) is 11.6 Å². The second-order valence-corrected chi connectivity index (χ2v) is 3.86. The van der Waals surface area contributed by atoms with Crippen LogP contribution in [0, 0.1) is 6.92 Å². The van der Waals surface area contributed by atoms with Gasteiger partial charge in [0.1, 0.15) is 17.5 Å². The Morgan fingerprint density at radius 2 is 2.25 bits per heavy atom. The van der Waals surface area contributed by atoms with E-state index in [-0.39, 0.29) is 6.10 Å². The summed E-state index contributed by atoms with van der Waals surface area (Å²) in [6.07, 6.45) is 0.391. The van der Waals surface area contributed by atoms with Gasteiger partial charge in [-0.25, -0.2) is 15.8 Å². The van der Waals surface area contributed by atoms with E-state index < -0.39 is 0 Å². The van der Waals surface area contributed by atoms with Gasteiger partial charge in [0.05, 0.1) is 6.10 Å². The average molecular weight is 225 g/mol. The maximum absolute atomic E-state index is 9.21. The zero-order valence-electron chi connectivity index (χ0n) is 9.94. The molecule has 0 bridgehead atoms. The number of aromatic nitrogens is 2. The Morgan fingerprint density at radius 1 is 1.56 bits per heavy atom. The quantitative estimate of drug-likeness (QED) is 0.493. The number of rotatable bonds is 5. The third kappa shape index (κ3) is 3.63. The molecule has 0 aliphatic rings. The predicted octanol–water partition coefficient (Wildman–Crippen LogP) is 0.278. The molecule has 1 unspecified atom stereocenters. The summed E-state index contributed by atoms with van der Waals surface area (Å²) in [5.41, 5.74) is 2.50. The molecule has 6 nitrogen and oxygen atoms in total. The lowest BCUT2D eigenvalue weighted by Gasteiger charge is -2.19. The van der Waals surface area contributed by atoms with Crippen LogP contribution < -0.4 is 16.2 Å². The fourth-order valence-electron chi connectivity index (χ4n) is 1.32. The Hall–Kier alpha value is -1.40. The molecule has 0 saturated carbocycles. The highest BCUT2D eigenvalue weighted by Gasteiger charge is 2.07. The summed E-state index contributed by atoms with van der Waals surface area (Å²) in [5.74, 6) is 7.35. The molecule has 0 fully saturated rings. The van der Waals surface area contributed by atoms with Crippen molar-refractivity contribution in [1.29, 1.82) is 0 Å². The van der Waals surface area contributed by atoms with E-state index in [2.05, 4.69) is 15.4 Å². The number of hydrogen-bond donors (Lipinski definition) is 3. The molecule has 0 spiro atoms. The van der Waals surface area contributed by atoms with Crippen molar-refractivity contribution in [2.75, 3.05) is 23.9 Å². The van der Waals surface area contributed by atoms with Gasteiger partial charge in [0.2, 0.25) is 0 Å². The van der Waals surface area contributed by atoms with E-state index >= 15 is 0 Å². The van der Waals surface area contributed by atoms with Gasteiger partial charge in [0.15, 0.2) is 0 Å². The second-order valence-electron chi connectivity index (χ2n) is 3.86. The fraction of sp³-hybridized carbons (Fsp3) is 0.600. The lowest BCUT2D eigenvalue weighted by Crippen LogP contribution is -2.23. The minimum Gasteiger partial charge on any atom is -0.393 e. The molecular weight excluding hydrogens is 206 g/mol. The summed E-state index contributed by atoms with van der Waals surface area (Å²) in [4.78, 5) is 10.4. The van der Waals surface area contributed by atoms with Crippen LogP contribution in [0.5, 0.6) is 0 Å². The first kappa shape index (κ1) is 12.7. The minimum atomic E-state index is -0.308. The summed E-state index contributed by atoms with van der Waals surface area (Å²) in [6, 6.07) is 1.77. The average Bonchev–Trinajstić information content (AvgIpc) is 2.24. The second kappa shape index (κ2) is 5.62. The Labute approximate surface area is 95.5 Å². The molecule has 1 atom stereocenters. The molecule has 0 aliphatic heterocycles. The van der Waals surface area contributed by atoms with E-state index in [1.807, 2.05) is 18.9 Å². The van der Waals surface area contributed by atoms with Crippen molar-refractivity contribution in [2.24, 2.45) is 5.84 Å². The number of aliphatic hydroxyl groups is 1. The SMILES string of the molecule is Cc1nc(NN)cc(N(C)CCC(C)O)n1. The number of nitrogen functional groups attached to an aromatic ring is 1. The fourth-order valence-corrected chi connectivity index (χ4v) is 1.32. The highest BCUT2D eigenvalue weighted by molar-refractivity contribution is 5.48. The van der Waals surface area contributed by atoms with Gasteiger partial charge in [-0.15, -0.1) is 0 Å². The van der Waals surface area contributed by atoms with E-state index in [9.17, 15) is 5.11 Å². The molecule has 0 aromatic carbocycles. The van der Waals surface area contributed by atoms with Gasteiger partial charge in [0, 0.05) is 19.7 Å². The third-order valence-corrected chi connectivity index (χ3v) is 2.25. The van der Waals surface area contributed by atoms with Gasteiger partial charge in [-0.1, -0.05) is 0 Å². The third-order valence-electron chi connectivity index (χ3n) is 2.25. The summed E-state index contributed by atoms with van der Waals surface area (Å²) in [7, 11) is 1.92. The number of aryl methyl sites for hydroxylation is 1. The molecule has 0 amide bonds. The predicted molar refractivity (Wildman–Crippen MR) is 64.1 cm³/mol. The van der Waals surface area contributed by atoms with Crippen molar-refractivity contribution in [3.05, 3.63) is 11.9 Å². The van der Waals surface area contributed by atoms with Crippen molar-refractivity contribution >= 4 is 11.6 Å². The number of nitrogens with two attached hydrogens (primary N) is 1. The Kier molecular flexibility index (Phi) is 4.45. The van der Waals surface area contributed by atoms with Crippen molar-refractivity contribution in [1.82, 2.24) is 9.97 Å². The first-order valence-electron chi connectivity index (χ1n) is 5.24. The van der Waals surface area contributed by atoms with E-state index in [0.29, 0.717) is 18.1 Å². The normalized spacial score (nSPS) is 12.3. The van der Waals surface area contributed by atoms with Crippen molar-refractivity contribution in [3.63, 3.8) is 0 Å². The van der Waals surface area contributed by atoms with Crippen molar-refractivity contribution in [3.8, 4) is 0 Å². The van der Waals surface area contributed by atoms with Crippen LogP contribution in [-0.4, -0.2) is 34.8 Å². The molecule has 6 heteroatoms. The monoisotopic (exact) mass is 225 g/mol. The molecule has 1 rings (SSSR count). The van der Waals surface area contributed by atoms with Gasteiger partial charge in [0.25, 0.3) is 0 Å². The largest absolute Gasteiger partial charge is 0.393 e. The van der Waals surface area contributed by atoms with Gasteiger partial charge in [-0.05, 0) is 20.3 Å². The lowest BCUT2D eigenvalue weighted by atomic mass is 10.3. The highest BCUT2D eigenvalue weighted by Crippen LogP contribution is 2.14. The van der Waals surface area contributed by atoms with Crippen LogP contribution in [-0.2, 0) is 0 Å². The van der Waals surface area contributed by atoms with Crippen LogP contribution in [0.3, 0.4) is 0 Å². The van der Waals surface area contributed by atoms with Crippen LogP contribution >= 0.6 is 0 Å². The van der Waals surface area contributed by atoms with Crippen LogP contribution in [0.25, 0.3) is 0 Å². The molecule has 1 aromatic heterocycles. The summed E-state index contributed by atoms with van der Waals surface area (Å²) < 4.78 is 0. The van der Waals surface area contributed by atoms with E-state index in [0.717, 1.165) is 12.4 Å². The molecule has 90 valence electrons. The van der Waals surface area contributed by atoms with Gasteiger partial charge in [-0.2, -0.15) is 0 Å². The Bertz CT molecular complexity index is 342. The van der Waals surface area contributed by atoms with E-state index in [1.165, 1.54) is 0 Å². The maximum atomic E-state index is 9.21.